The van der Waals surface area contributed by atoms with Gasteiger partial charge in [-0.1, -0.05) is 24.3 Å². The number of H-pyrrole nitrogens is 1. The van der Waals surface area contributed by atoms with Crippen LogP contribution >= 0.6 is 0 Å². The molecule has 1 fully saturated rings. The van der Waals surface area contributed by atoms with Gasteiger partial charge in [0, 0.05) is 0 Å². The zero-order valence-corrected chi connectivity index (χ0v) is 14.0. The molecule has 0 saturated carbocycles. The lowest BCUT2D eigenvalue weighted by atomic mass is 10.1. The van der Waals surface area contributed by atoms with E-state index in [0.29, 0.717) is 17.1 Å². The van der Waals surface area contributed by atoms with E-state index < -0.39 is 17.8 Å². The first-order valence-corrected chi connectivity index (χ1v) is 8.13. The van der Waals surface area contributed by atoms with Gasteiger partial charge in [0.05, 0.1) is 11.0 Å². The number of rotatable bonds is 4. The minimum atomic E-state index is -0.823. The van der Waals surface area contributed by atoms with Crippen molar-refractivity contribution in [3.63, 3.8) is 0 Å². The Hall–Kier alpha value is -3.94. The molecule has 0 spiro atoms. The second-order valence-corrected chi connectivity index (χ2v) is 5.85. The van der Waals surface area contributed by atoms with Crippen molar-refractivity contribution in [2.75, 3.05) is 0 Å². The Kier molecular flexibility index (Phi) is 4.13. The van der Waals surface area contributed by atoms with Crippen molar-refractivity contribution in [1.29, 1.82) is 0 Å². The summed E-state index contributed by atoms with van der Waals surface area (Å²) in [5.74, 6) is -0.129. The summed E-state index contributed by atoms with van der Waals surface area (Å²) in [5.41, 5.74) is 2.31. The van der Waals surface area contributed by atoms with Crippen LogP contribution in [0.5, 0.6) is 5.75 Å². The Labute approximate surface area is 153 Å². The summed E-state index contributed by atoms with van der Waals surface area (Å²) in [6.07, 6.45) is 1.40. The number of fused-ring (bicyclic) bond motifs is 1. The van der Waals surface area contributed by atoms with Crippen LogP contribution in [0.4, 0.5) is 4.79 Å². The van der Waals surface area contributed by atoms with E-state index in [9.17, 15) is 14.4 Å². The number of hydrogen-bond donors (Lipinski definition) is 3. The first-order chi connectivity index (χ1) is 13.1. The van der Waals surface area contributed by atoms with Crippen molar-refractivity contribution in [2.45, 2.75) is 6.61 Å². The zero-order chi connectivity index (χ0) is 18.8. The summed E-state index contributed by atoms with van der Waals surface area (Å²) in [7, 11) is 0. The number of barbiturate groups is 1. The van der Waals surface area contributed by atoms with Crippen molar-refractivity contribution in [3.05, 3.63) is 65.5 Å². The molecule has 2 aromatic carbocycles. The number of benzene rings is 2. The maximum atomic E-state index is 11.7. The summed E-state index contributed by atoms with van der Waals surface area (Å²) in [6, 6.07) is 13.7. The molecule has 1 aliphatic rings. The Balaban J connectivity index is 1.44. The summed E-state index contributed by atoms with van der Waals surface area (Å²) in [5, 5.41) is 4.06. The molecule has 3 aromatic rings. The van der Waals surface area contributed by atoms with Crippen LogP contribution in [0.15, 0.2) is 54.1 Å². The fraction of sp³-hybridized carbons (Fsp3) is 0.0526. The number of carbonyl (C=O) groups is 3. The van der Waals surface area contributed by atoms with E-state index in [-0.39, 0.29) is 12.2 Å². The van der Waals surface area contributed by atoms with Gasteiger partial charge in [-0.3, -0.25) is 20.2 Å². The van der Waals surface area contributed by atoms with Gasteiger partial charge in [0.2, 0.25) is 0 Å². The monoisotopic (exact) mass is 362 g/mol. The summed E-state index contributed by atoms with van der Waals surface area (Å²) < 4.78 is 5.71. The molecule has 0 atom stereocenters. The summed E-state index contributed by atoms with van der Waals surface area (Å²) in [4.78, 5) is 42.1. The number of hydrogen-bond acceptors (Lipinski definition) is 5. The molecule has 134 valence electrons. The van der Waals surface area contributed by atoms with Crippen LogP contribution in [0.1, 0.15) is 11.4 Å². The zero-order valence-electron chi connectivity index (χ0n) is 14.0. The van der Waals surface area contributed by atoms with Crippen molar-refractivity contribution in [2.24, 2.45) is 0 Å². The molecule has 8 heteroatoms. The van der Waals surface area contributed by atoms with Crippen molar-refractivity contribution < 1.29 is 19.1 Å². The SMILES string of the molecule is O=C1NC(=O)C(=Cc2ccc(OCc3nc4ccccc4[nH]3)cc2)C(=O)N1. The van der Waals surface area contributed by atoms with Crippen LogP contribution in [0.3, 0.4) is 0 Å². The predicted octanol–water partition coefficient (Wildman–Crippen LogP) is 1.89. The number of carbonyl (C=O) groups excluding carboxylic acids is 3. The molecule has 3 N–H and O–H groups in total. The minimum absolute atomic E-state index is 0.134. The molecule has 4 rings (SSSR count). The van der Waals surface area contributed by atoms with Crippen LogP contribution in [0.25, 0.3) is 17.1 Å². The van der Waals surface area contributed by atoms with Crippen LogP contribution < -0.4 is 15.4 Å². The first-order valence-electron chi connectivity index (χ1n) is 8.13. The number of amides is 4. The van der Waals surface area contributed by atoms with Gasteiger partial charge in [0.15, 0.2) is 0 Å². The average Bonchev–Trinajstić information content (AvgIpc) is 3.07. The molecular weight excluding hydrogens is 348 g/mol. The molecule has 0 radical (unpaired) electrons. The highest BCUT2D eigenvalue weighted by atomic mass is 16.5. The number of aromatic amines is 1. The second-order valence-electron chi connectivity index (χ2n) is 5.85. The van der Waals surface area contributed by atoms with Crippen LogP contribution in [-0.2, 0) is 16.2 Å². The maximum absolute atomic E-state index is 11.7. The van der Waals surface area contributed by atoms with Gasteiger partial charge in [0.25, 0.3) is 11.8 Å². The standard InChI is InChI=1S/C19H14N4O4/c24-17-13(18(25)23-19(26)22-17)9-11-5-7-12(8-6-11)27-10-16-20-14-3-1-2-4-15(14)21-16/h1-9H,10H2,(H,20,21)(H2,22,23,24,25,26). The molecule has 1 aliphatic heterocycles. The minimum Gasteiger partial charge on any atom is -0.486 e. The second kappa shape index (κ2) is 6.75. The lowest BCUT2D eigenvalue weighted by Gasteiger charge is -2.13. The lowest BCUT2D eigenvalue weighted by molar-refractivity contribution is -0.123. The van der Waals surface area contributed by atoms with E-state index in [1.54, 1.807) is 24.3 Å². The third-order valence-corrected chi connectivity index (χ3v) is 3.95. The van der Waals surface area contributed by atoms with Crippen molar-refractivity contribution in [3.8, 4) is 5.75 Å². The number of aromatic nitrogens is 2. The molecular formula is C19H14N4O4. The van der Waals surface area contributed by atoms with E-state index in [2.05, 4.69) is 9.97 Å². The molecule has 0 bridgehead atoms. The number of imide groups is 2. The molecule has 8 nitrogen and oxygen atoms in total. The molecule has 1 saturated heterocycles. The van der Waals surface area contributed by atoms with Crippen LogP contribution in [0, 0.1) is 0 Å². The maximum Gasteiger partial charge on any atom is 0.328 e. The third kappa shape index (κ3) is 3.54. The Morgan fingerprint density at radius 1 is 0.926 bits per heavy atom. The third-order valence-electron chi connectivity index (χ3n) is 3.95. The summed E-state index contributed by atoms with van der Waals surface area (Å²) >= 11 is 0. The molecule has 4 amide bonds. The van der Waals surface area contributed by atoms with E-state index in [1.165, 1.54) is 6.08 Å². The molecule has 1 aromatic heterocycles. The Morgan fingerprint density at radius 2 is 1.63 bits per heavy atom. The van der Waals surface area contributed by atoms with E-state index >= 15 is 0 Å². The van der Waals surface area contributed by atoms with E-state index in [0.717, 1.165) is 11.0 Å². The van der Waals surface area contributed by atoms with Gasteiger partial charge in [-0.2, -0.15) is 0 Å². The number of imidazole rings is 1. The van der Waals surface area contributed by atoms with Gasteiger partial charge in [0.1, 0.15) is 23.8 Å². The van der Waals surface area contributed by atoms with Crippen molar-refractivity contribution >= 4 is 35.0 Å². The first kappa shape index (κ1) is 16.5. The van der Waals surface area contributed by atoms with E-state index in [4.69, 9.17) is 4.74 Å². The Morgan fingerprint density at radius 3 is 2.33 bits per heavy atom. The summed E-state index contributed by atoms with van der Waals surface area (Å²) in [6.45, 7) is 0.280. The fourth-order valence-corrected chi connectivity index (χ4v) is 2.66. The fourth-order valence-electron chi connectivity index (χ4n) is 2.66. The van der Waals surface area contributed by atoms with Gasteiger partial charge >= 0.3 is 6.03 Å². The predicted molar refractivity (Wildman–Crippen MR) is 96.5 cm³/mol. The van der Waals surface area contributed by atoms with Gasteiger partial charge in [-0.15, -0.1) is 0 Å². The van der Waals surface area contributed by atoms with Gasteiger partial charge < -0.3 is 9.72 Å². The average molecular weight is 362 g/mol. The normalized spacial score (nSPS) is 14.1. The highest BCUT2D eigenvalue weighted by Crippen LogP contribution is 2.17. The molecule has 2 heterocycles. The van der Waals surface area contributed by atoms with Gasteiger partial charge in [-0.25, -0.2) is 9.78 Å². The number of para-hydroxylation sites is 2. The Bertz CT molecular complexity index is 1030. The highest BCUT2D eigenvalue weighted by molar-refractivity contribution is 6.31. The smallest absolute Gasteiger partial charge is 0.328 e. The quantitative estimate of drug-likeness (QED) is 0.484. The number of nitrogens with one attached hydrogen (secondary N) is 3. The van der Waals surface area contributed by atoms with Crippen LogP contribution in [0.2, 0.25) is 0 Å². The van der Waals surface area contributed by atoms with E-state index in [1.807, 2.05) is 34.9 Å². The lowest BCUT2D eigenvalue weighted by Crippen LogP contribution is -2.51. The molecule has 27 heavy (non-hydrogen) atoms. The van der Waals surface area contributed by atoms with Crippen molar-refractivity contribution in [1.82, 2.24) is 20.6 Å². The molecule has 0 aliphatic carbocycles. The molecule has 0 unspecified atom stereocenters. The number of urea groups is 1. The highest BCUT2D eigenvalue weighted by Gasteiger charge is 2.27. The number of ether oxygens (including phenoxy) is 1. The van der Waals surface area contributed by atoms with Gasteiger partial charge in [-0.05, 0) is 35.9 Å². The number of nitrogens with zero attached hydrogens (tertiary/aromatic N) is 1. The topological polar surface area (TPSA) is 113 Å². The van der Waals surface area contributed by atoms with Crippen LogP contribution in [-0.4, -0.2) is 27.8 Å². The largest absolute Gasteiger partial charge is 0.486 e.